The van der Waals surface area contributed by atoms with Crippen molar-refractivity contribution in [3.05, 3.63) is 214 Å². The molecule has 33 heteroatoms. The molecule has 0 atom stereocenters. The number of nitrogens with zero attached hydrogens (tertiary/aromatic N) is 25. The molecule has 4 fully saturated rings. The highest BCUT2D eigenvalue weighted by atomic mass is 16.5. The van der Waals surface area contributed by atoms with Gasteiger partial charge in [-0.05, 0) is 105 Å². The first-order valence-corrected chi connectivity index (χ1v) is 49.8. The number of benzene rings is 4. The average molecular weight is 1910 g/mol. The molecule has 12 aromatic heterocycles. The molecule has 16 aromatic rings. The zero-order chi connectivity index (χ0) is 97.8. The third-order valence-electron chi connectivity index (χ3n) is 29.9. The molecule has 0 N–H and O–H groups in total. The Morgan fingerprint density at radius 1 is 0.380 bits per heavy atom. The van der Waals surface area contributed by atoms with E-state index in [-0.39, 0.29) is 29.7 Å². The number of carbonyl (C=O) groups is 4. The van der Waals surface area contributed by atoms with E-state index in [0.29, 0.717) is 68.5 Å². The minimum atomic E-state index is 0.0675. The van der Waals surface area contributed by atoms with Crippen LogP contribution in [0.25, 0.3) is 133 Å². The molecule has 4 aromatic carbocycles. The molecule has 20 heterocycles. The molecule has 0 saturated carbocycles. The Kier molecular flexibility index (Phi) is 26.3. The fraction of sp³-hybridized carbons (Fsp3) is 0.404. The number of amides is 4. The number of nitriles is 1. The first-order chi connectivity index (χ1) is 69.1. The smallest absolute Gasteiger partial charge is 0.222 e. The minimum absolute atomic E-state index is 0.0675. The van der Waals surface area contributed by atoms with Crippen LogP contribution in [0.15, 0.2) is 147 Å². The van der Waals surface area contributed by atoms with Gasteiger partial charge in [-0.2, -0.15) is 46.1 Å². The number of rotatable bonds is 13. The van der Waals surface area contributed by atoms with Gasteiger partial charge < -0.3 is 38.5 Å². The van der Waals surface area contributed by atoms with Crippen LogP contribution in [0.1, 0.15) is 177 Å². The summed E-state index contributed by atoms with van der Waals surface area (Å²) in [5.41, 5.74) is 28.5. The Labute approximate surface area is 823 Å². The number of aryl methyl sites for hydroxylation is 7. The molecule has 24 rings (SSSR count). The quantitative estimate of drug-likeness (QED) is 0.103. The van der Waals surface area contributed by atoms with Crippen molar-refractivity contribution in [2.24, 2.45) is 28.2 Å². The molecular formula is C109H119N25O8. The molecule has 728 valence electrons. The van der Waals surface area contributed by atoms with Gasteiger partial charge in [0.25, 0.3) is 0 Å². The largest absolute Gasteiger partial charge is 0.381 e. The predicted octanol–water partition coefficient (Wildman–Crippen LogP) is 16.2. The summed E-state index contributed by atoms with van der Waals surface area (Å²) in [5.74, 6) is 0.481. The summed E-state index contributed by atoms with van der Waals surface area (Å²) in [4.78, 5) is 76.5. The Morgan fingerprint density at radius 3 is 1.05 bits per heavy atom. The number of hydrogen-bond acceptors (Lipinski definition) is 21. The van der Waals surface area contributed by atoms with E-state index in [9.17, 15) is 24.4 Å². The molecule has 0 bridgehead atoms. The van der Waals surface area contributed by atoms with E-state index in [4.69, 9.17) is 59.3 Å². The lowest BCUT2D eigenvalue weighted by molar-refractivity contribution is -0.132. The first kappa shape index (κ1) is 93.7. The van der Waals surface area contributed by atoms with Crippen molar-refractivity contribution in [1.29, 1.82) is 5.26 Å². The molecule has 33 nitrogen and oxygen atoms in total. The van der Waals surface area contributed by atoms with Crippen LogP contribution in [-0.4, -0.2) is 220 Å². The Bertz CT molecular complexity index is 7590. The van der Waals surface area contributed by atoms with Crippen LogP contribution in [0, 0.1) is 32.1 Å². The van der Waals surface area contributed by atoms with Gasteiger partial charge in [0.05, 0.1) is 100 Å². The number of ether oxygens (including phenoxy) is 4. The topological polar surface area (TPSA) is 336 Å². The van der Waals surface area contributed by atoms with Crippen molar-refractivity contribution in [2.45, 2.75) is 182 Å². The molecule has 0 unspecified atom stereocenters. The fourth-order valence-corrected chi connectivity index (χ4v) is 22.4. The molecule has 0 aliphatic carbocycles. The second kappa shape index (κ2) is 39.8. The van der Waals surface area contributed by atoms with Gasteiger partial charge in [-0.1, -0.05) is 79.7 Å². The van der Waals surface area contributed by atoms with E-state index < -0.39 is 0 Å². The van der Waals surface area contributed by atoms with Gasteiger partial charge in [-0.25, -0.2) is 0 Å². The summed E-state index contributed by atoms with van der Waals surface area (Å²) in [5, 5.41) is 56.6. The molecule has 142 heavy (non-hydrogen) atoms. The Balaban J connectivity index is 0.000000112. The third kappa shape index (κ3) is 18.0. The van der Waals surface area contributed by atoms with Gasteiger partial charge in [0.2, 0.25) is 23.6 Å². The van der Waals surface area contributed by atoms with Gasteiger partial charge in [0.1, 0.15) is 6.07 Å². The number of hydrogen-bond donors (Lipinski definition) is 0. The standard InChI is InChI=1S/C28H32N6O2.C27H27N7O2.2C27H30N6O2/c1-4-26(35)33-11-8-25-24(17-33)28(31-34(25)20-9-12-36-13-10-20)22-7-5-6-21-18(2)27(29-15-23(21)22)19-14-30-32(3)16-19;1-17(35)33-9-6-25-24(16-33)27(31-34(25)19-7-10-36-11-8-19)21-5-3-4-20-22(12-28)26(29-14-23(20)21)18-13-30-32(2)15-18;1-17-21-5-4-6-22(23(21)14-28-26(17)19-13-29-31(3)15-19)27-24-16-32(18(2)34)10-7-25(24)33(30-27)20-8-11-35-12-9-20;1-17-26-19(13-24(29-17)20-14-28-31(3)15-20)5-4-6-22(26)27-23-16-32(18(2)34)10-7-25(23)33(30-27)21-8-11-35-12-9-21/h5-7,14-16,20H,4,8-13,17H2,1-3H3;3-5,13-15,19H,6-11,16H2,1-2H3;4-6,13-15,20H,7-12,16H2,1-3H3;4-6,13-15,21H,7-12,16H2,1-3H3. The monoisotopic (exact) mass is 1910 g/mol. The lowest BCUT2D eigenvalue weighted by Gasteiger charge is -2.30. The lowest BCUT2D eigenvalue weighted by atomic mass is 9.94. The van der Waals surface area contributed by atoms with Gasteiger partial charge >= 0.3 is 0 Å². The van der Waals surface area contributed by atoms with Crippen molar-refractivity contribution in [2.75, 3.05) is 79.0 Å². The van der Waals surface area contributed by atoms with Crippen LogP contribution >= 0.6 is 0 Å². The van der Waals surface area contributed by atoms with Crippen LogP contribution in [0.4, 0.5) is 0 Å². The Morgan fingerprint density at radius 2 is 0.697 bits per heavy atom. The number of carbonyl (C=O) groups excluding carboxylic acids is 4. The van der Waals surface area contributed by atoms with Crippen molar-refractivity contribution in [1.82, 2.24) is 118 Å². The highest BCUT2D eigenvalue weighted by Gasteiger charge is 2.38. The van der Waals surface area contributed by atoms with Crippen molar-refractivity contribution in [3.8, 4) is 96.1 Å². The average Bonchev–Trinajstić information content (AvgIpc) is 1.57. The normalized spacial score (nSPS) is 16.5. The zero-order valence-electron chi connectivity index (χ0n) is 82.6. The summed E-state index contributed by atoms with van der Waals surface area (Å²) in [6.07, 6.45) is 32.3. The predicted molar refractivity (Wildman–Crippen MR) is 540 cm³/mol. The summed E-state index contributed by atoms with van der Waals surface area (Å²) < 4.78 is 38.5. The van der Waals surface area contributed by atoms with Crippen molar-refractivity contribution >= 4 is 66.7 Å². The Hall–Kier alpha value is -14.6. The van der Waals surface area contributed by atoms with E-state index in [1.165, 1.54) is 39.5 Å². The summed E-state index contributed by atoms with van der Waals surface area (Å²) in [6, 6.07) is 30.9. The van der Waals surface area contributed by atoms with Crippen LogP contribution < -0.4 is 0 Å². The minimum Gasteiger partial charge on any atom is -0.381 e. The lowest BCUT2D eigenvalue weighted by Crippen LogP contribution is -2.36. The fourth-order valence-electron chi connectivity index (χ4n) is 22.4. The third-order valence-corrected chi connectivity index (χ3v) is 29.9. The number of fused-ring (bicyclic) bond motifs is 8. The van der Waals surface area contributed by atoms with Crippen LogP contribution in [0.2, 0.25) is 0 Å². The zero-order valence-corrected chi connectivity index (χ0v) is 82.6. The molecule has 4 saturated heterocycles. The molecule has 4 amide bonds. The van der Waals surface area contributed by atoms with Crippen molar-refractivity contribution in [3.63, 3.8) is 0 Å². The van der Waals surface area contributed by atoms with Gasteiger partial charge in [0, 0.05) is 352 Å². The van der Waals surface area contributed by atoms with E-state index in [1.54, 1.807) is 45.7 Å². The van der Waals surface area contributed by atoms with Gasteiger partial charge in [-0.3, -0.25) is 76.6 Å². The summed E-state index contributed by atoms with van der Waals surface area (Å²) >= 11 is 0. The molecule has 8 aliphatic heterocycles. The second-order valence-corrected chi connectivity index (χ2v) is 38.7. The molecule has 8 aliphatic rings. The van der Waals surface area contributed by atoms with Crippen LogP contribution in [0.3, 0.4) is 0 Å². The highest BCUT2D eigenvalue weighted by Crippen LogP contribution is 2.46. The number of aromatic nitrogens is 20. The summed E-state index contributed by atoms with van der Waals surface area (Å²) in [6.45, 7) is 24.5. The summed E-state index contributed by atoms with van der Waals surface area (Å²) in [7, 11) is 7.59. The van der Waals surface area contributed by atoms with E-state index in [2.05, 4.69) is 127 Å². The molecule has 0 radical (unpaired) electrons. The maximum Gasteiger partial charge on any atom is 0.222 e. The van der Waals surface area contributed by atoms with Crippen LogP contribution in [0.5, 0.6) is 0 Å². The number of pyridine rings is 4. The van der Waals surface area contributed by atoms with E-state index in [1.807, 2.05) is 135 Å². The maximum atomic E-state index is 12.6. The SMILES string of the molecule is CC(=O)N1CCc2c(c(-c3cccc4c(C#N)c(-c5cnn(C)c5)ncc34)nn2C2CCOCC2)C1.CC(=O)N1CCc2c(c(-c3cccc4c(C)c(-c5cnn(C)c5)ncc34)nn2C2CCOCC2)C1.CC(=O)N1CCc2c(c(-c3cccc4cc(-c5cnn(C)c5)nc(C)c34)nn2C2CCOCC2)C1.CCC(=O)N1CCc2c(c(-c3cccc4c(C)c(-c5cnn(C)c5)ncc34)nn2C2CCOCC2)C1. The van der Waals surface area contributed by atoms with Gasteiger partial charge in [-0.15, -0.1) is 0 Å². The first-order valence-electron chi connectivity index (χ1n) is 49.8. The molecular weight excluding hydrogens is 1790 g/mol. The van der Waals surface area contributed by atoms with E-state index in [0.717, 1.165) is 299 Å². The van der Waals surface area contributed by atoms with E-state index >= 15 is 0 Å². The molecule has 0 spiro atoms. The maximum absolute atomic E-state index is 12.6. The van der Waals surface area contributed by atoms with Crippen LogP contribution in [-0.2, 0) is 118 Å². The van der Waals surface area contributed by atoms with Gasteiger partial charge in [0.15, 0.2) is 0 Å². The van der Waals surface area contributed by atoms with Crippen molar-refractivity contribution < 1.29 is 38.1 Å². The second-order valence-electron chi connectivity index (χ2n) is 38.7. The highest BCUT2D eigenvalue weighted by molar-refractivity contribution is 6.04.